The van der Waals surface area contributed by atoms with Crippen molar-refractivity contribution in [2.45, 2.75) is 6.61 Å². The molecule has 0 saturated heterocycles. The lowest BCUT2D eigenvalue weighted by molar-refractivity contribution is 0.276. The molecular formula is C11H8BrFN2O2. The lowest BCUT2D eigenvalue weighted by Gasteiger charge is -2.05. The Morgan fingerprint density at radius 1 is 1.29 bits per heavy atom. The fourth-order valence-corrected chi connectivity index (χ4v) is 1.50. The molecule has 88 valence electrons. The second-order valence-corrected chi connectivity index (χ2v) is 4.04. The van der Waals surface area contributed by atoms with Gasteiger partial charge in [-0.25, -0.2) is 9.37 Å². The standard InChI is InChI=1S/C11H8BrFN2O2/c12-9-3-8(1-2-10(9)13)17-11-5-14-7(6-16)4-15-11/h1-5,16H,6H2. The van der Waals surface area contributed by atoms with E-state index in [1.807, 2.05) is 0 Å². The maximum atomic E-state index is 13.0. The largest absolute Gasteiger partial charge is 0.437 e. The fraction of sp³-hybridized carbons (Fsp3) is 0.0909. The van der Waals surface area contributed by atoms with Crippen molar-refractivity contribution >= 4 is 15.9 Å². The van der Waals surface area contributed by atoms with Crippen molar-refractivity contribution in [3.8, 4) is 11.6 Å². The van der Waals surface area contributed by atoms with Gasteiger partial charge in [0, 0.05) is 0 Å². The summed E-state index contributed by atoms with van der Waals surface area (Å²) in [5, 5.41) is 8.79. The van der Waals surface area contributed by atoms with Crippen molar-refractivity contribution < 1.29 is 14.2 Å². The van der Waals surface area contributed by atoms with Crippen molar-refractivity contribution in [3.63, 3.8) is 0 Å². The van der Waals surface area contributed by atoms with E-state index < -0.39 is 0 Å². The number of nitrogens with zero attached hydrogens (tertiary/aromatic N) is 2. The molecule has 0 unspecified atom stereocenters. The molecule has 0 radical (unpaired) electrons. The monoisotopic (exact) mass is 298 g/mol. The molecule has 2 rings (SSSR count). The molecule has 1 N–H and O–H groups in total. The molecule has 1 aromatic carbocycles. The topological polar surface area (TPSA) is 55.2 Å². The Hall–Kier alpha value is -1.53. The fourth-order valence-electron chi connectivity index (χ4n) is 1.14. The van der Waals surface area contributed by atoms with Crippen LogP contribution in [0.25, 0.3) is 0 Å². The summed E-state index contributed by atoms with van der Waals surface area (Å²) in [6.45, 7) is -0.171. The zero-order valence-electron chi connectivity index (χ0n) is 8.60. The molecule has 0 spiro atoms. The van der Waals surface area contributed by atoms with E-state index in [9.17, 15) is 4.39 Å². The summed E-state index contributed by atoms with van der Waals surface area (Å²) in [6.07, 6.45) is 2.80. The lowest BCUT2D eigenvalue weighted by atomic mass is 10.3. The number of hydrogen-bond acceptors (Lipinski definition) is 4. The number of aliphatic hydroxyl groups excluding tert-OH is 1. The third-order valence-corrected chi connectivity index (χ3v) is 2.56. The van der Waals surface area contributed by atoms with Gasteiger partial charge in [0.1, 0.15) is 11.6 Å². The summed E-state index contributed by atoms with van der Waals surface area (Å²) in [4.78, 5) is 7.85. The van der Waals surface area contributed by atoms with Crippen LogP contribution in [0, 0.1) is 5.82 Å². The summed E-state index contributed by atoms with van der Waals surface area (Å²) in [5.41, 5.74) is 0.456. The average molecular weight is 299 g/mol. The Bertz CT molecular complexity index is 519. The molecule has 0 aliphatic rings. The Kier molecular flexibility index (Phi) is 3.65. The van der Waals surface area contributed by atoms with Gasteiger partial charge in [-0.2, -0.15) is 0 Å². The molecule has 0 amide bonds. The Balaban J connectivity index is 2.16. The molecule has 1 heterocycles. The molecular weight excluding hydrogens is 291 g/mol. The number of aromatic nitrogens is 2. The van der Waals surface area contributed by atoms with E-state index in [1.54, 1.807) is 0 Å². The van der Waals surface area contributed by atoms with Gasteiger partial charge in [0.15, 0.2) is 0 Å². The van der Waals surface area contributed by atoms with Crippen molar-refractivity contribution in [3.05, 3.63) is 46.6 Å². The van der Waals surface area contributed by atoms with Crippen molar-refractivity contribution in [1.29, 1.82) is 0 Å². The van der Waals surface area contributed by atoms with Gasteiger partial charge in [-0.05, 0) is 34.1 Å². The van der Waals surface area contributed by atoms with Crippen LogP contribution in [-0.4, -0.2) is 15.1 Å². The summed E-state index contributed by atoms with van der Waals surface area (Å²) in [7, 11) is 0. The SMILES string of the molecule is OCc1cnc(Oc2ccc(F)c(Br)c2)cn1. The van der Waals surface area contributed by atoms with E-state index in [0.717, 1.165) is 0 Å². The molecule has 0 saturated carbocycles. The second-order valence-electron chi connectivity index (χ2n) is 3.18. The molecule has 0 aliphatic carbocycles. The van der Waals surface area contributed by atoms with Gasteiger partial charge in [-0.15, -0.1) is 0 Å². The van der Waals surface area contributed by atoms with Crippen LogP contribution in [0.1, 0.15) is 5.69 Å². The predicted molar refractivity (Wildman–Crippen MR) is 62.1 cm³/mol. The van der Waals surface area contributed by atoms with Gasteiger partial charge in [0.2, 0.25) is 5.88 Å². The lowest BCUT2D eigenvalue weighted by Crippen LogP contribution is -1.94. The summed E-state index contributed by atoms with van der Waals surface area (Å²) in [5.74, 6) is 0.365. The van der Waals surface area contributed by atoms with Gasteiger partial charge < -0.3 is 9.84 Å². The average Bonchev–Trinajstić information content (AvgIpc) is 2.35. The number of ether oxygens (including phenoxy) is 1. The third-order valence-electron chi connectivity index (χ3n) is 1.96. The van der Waals surface area contributed by atoms with Gasteiger partial charge in [0.05, 0.1) is 29.2 Å². The van der Waals surface area contributed by atoms with Crippen LogP contribution in [0.15, 0.2) is 35.1 Å². The van der Waals surface area contributed by atoms with Crippen LogP contribution in [0.2, 0.25) is 0 Å². The van der Waals surface area contributed by atoms with E-state index >= 15 is 0 Å². The minimum absolute atomic E-state index is 0.171. The van der Waals surface area contributed by atoms with E-state index in [2.05, 4.69) is 25.9 Å². The van der Waals surface area contributed by atoms with Crippen LogP contribution in [0.5, 0.6) is 11.6 Å². The molecule has 0 bridgehead atoms. The maximum absolute atomic E-state index is 13.0. The molecule has 0 aliphatic heterocycles. The highest BCUT2D eigenvalue weighted by Gasteiger charge is 2.03. The molecule has 17 heavy (non-hydrogen) atoms. The molecule has 2 aromatic rings. The van der Waals surface area contributed by atoms with E-state index in [-0.39, 0.29) is 18.3 Å². The first-order valence-corrected chi connectivity index (χ1v) is 5.53. The van der Waals surface area contributed by atoms with Gasteiger partial charge >= 0.3 is 0 Å². The van der Waals surface area contributed by atoms with Crippen molar-refractivity contribution in [1.82, 2.24) is 9.97 Å². The molecule has 4 nitrogen and oxygen atoms in total. The minimum atomic E-state index is -0.362. The number of aliphatic hydroxyl groups is 1. The highest BCUT2D eigenvalue weighted by atomic mass is 79.9. The van der Waals surface area contributed by atoms with Gasteiger partial charge in [-0.3, -0.25) is 4.98 Å². The third kappa shape index (κ3) is 2.98. The zero-order chi connectivity index (χ0) is 12.3. The molecule has 0 atom stereocenters. The molecule has 6 heteroatoms. The van der Waals surface area contributed by atoms with Crippen molar-refractivity contribution in [2.75, 3.05) is 0 Å². The maximum Gasteiger partial charge on any atom is 0.237 e. The Morgan fingerprint density at radius 2 is 2.12 bits per heavy atom. The normalized spacial score (nSPS) is 10.3. The number of halogens is 2. The number of rotatable bonds is 3. The Labute approximate surface area is 105 Å². The first kappa shape index (κ1) is 11.9. The van der Waals surface area contributed by atoms with E-state index in [0.29, 0.717) is 15.9 Å². The molecule has 1 aromatic heterocycles. The van der Waals surface area contributed by atoms with Gasteiger partial charge in [-0.1, -0.05) is 0 Å². The van der Waals surface area contributed by atoms with Crippen LogP contribution >= 0.6 is 15.9 Å². The van der Waals surface area contributed by atoms with Crippen LogP contribution in [0.4, 0.5) is 4.39 Å². The summed E-state index contributed by atoms with van der Waals surface area (Å²) in [6, 6.07) is 4.27. The predicted octanol–water partition coefficient (Wildman–Crippen LogP) is 2.66. The molecule has 0 fully saturated rings. The number of benzene rings is 1. The number of hydrogen-bond donors (Lipinski definition) is 1. The Morgan fingerprint density at radius 3 is 2.71 bits per heavy atom. The van der Waals surface area contributed by atoms with Gasteiger partial charge in [0.25, 0.3) is 0 Å². The first-order valence-electron chi connectivity index (χ1n) is 4.73. The van der Waals surface area contributed by atoms with E-state index in [1.165, 1.54) is 30.6 Å². The van der Waals surface area contributed by atoms with Crippen molar-refractivity contribution in [2.24, 2.45) is 0 Å². The minimum Gasteiger partial charge on any atom is -0.437 e. The second kappa shape index (κ2) is 5.20. The van der Waals surface area contributed by atoms with Crippen LogP contribution in [0.3, 0.4) is 0 Å². The summed E-state index contributed by atoms with van der Waals surface area (Å²) >= 11 is 3.06. The van der Waals surface area contributed by atoms with E-state index in [4.69, 9.17) is 9.84 Å². The van der Waals surface area contributed by atoms with Crippen LogP contribution in [-0.2, 0) is 6.61 Å². The smallest absolute Gasteiger partial charge is 0.237 e. The van der Waals surface area contributed by atoms with Crippen LogP contribution < -0.4 is 4.74 Å². The highest BCUT2D eigenvalue weighted by Crippen LogP contribution is 2.24. The summed E-state index contributed by atoms with van der Waals surface area (Å²) < 4.78 is 18.7. The quantitative estimate of drug-likeness (QED) is 0.946. The first-order chi connectivity index (χ1) is 8.19. The zero-order valence-corrected chi connectivity index (χ0v) is 10.2. The highest BCUT2D eigenvalue weighted by molar-refractivity contribution is 9.10.